The van der Waals surface area contributed by atoms with Gasteiger partial charge in [-0.25, -0.2) is 22.8 Å². The van der Waals surface area contributed by atoms with E-state index in [1.807, 2.05) is 26.8 Å². The van der Waals surface area contributed by atoms with E-state index in [-0.39, 0.29) is 17.3 Å². The fraction of sp³-hybridized carbons (Fsp3) is 0.308. The molecule has 0 radical (unpaired) electrons. The zero-order valence-corrected chi connectivity index (χ0v) is 20.4. The van der Waals surface area contributed by atoms with Crippen molar-refractivity contribution >= 4 is 11.6 Å². The first kappa shape index (κ1) is 25.0. The SMILES string of the molecule is C#C/C=C\C(=C/C)n1nc(C(=O)N2CCc3c(nn(C)c3-c3cc(F)c(F)c(F)c3)[C@@H]2C)nc1CC. The van der Waals surface area contributed by atoms with Gasteiger partial charge in [-0.15, -0.1) is 11.5 Å². The van der Waals surface area contributed by atoms with Gasteiger partial charge in [0.15, 0.2) is 17.5 Å². The Morgan fingerprint density at radius 3 is 2.56 bits per heavy atom. The highest BCUT2D eigenvalue weighted by Gasteiger charge is 2.35. The van der Waals surface area contributed by atoms with Gasteiger partial charge in [-0.2, -0.15) is 5.10 Å². The van der Waals surface area contributed by atoms with Crippen LogP contribution in [0.3, 0.4) is 0 Å². The van der Waals surface area contributed by atoms with Gasteiger partial charge in [-0.05, 0) is 44.6 Å². The Bertz CT molecular complexity index is 1420. The number of carbonyl (C=O) groups is 1. The summed E-state index contributed by atoms with van der Waals surface area (Å²) in [5, 5.41) is 8.98. The normalized spacial score (nSPS) is 15.9. The van der Waals surface area contributed by atoms with Crippen molar-refractivity contribution in [1.82, 2.24) is 29.4 Å². The van der Waals surface area contributed by atoms with Crippen LogP contribution >= 0.6 is 0 Å². The van der Waals surface area contributed by atoms with Crippen molar-refractivity contribution in [1.29, 1.82) is 0 Å². The van der Waals surface area contributed by atoms with Crippen LogP contribution in [0.1, 0.15) is 54.5 Å². The summed E-state index contributed by atoms with van der Waals surface area (Å²) in [7, 11) is 1.64. The van der Waals surface area contributed by atoms with Crippen molar-refractivity contribution in [3.05, 3.63) is 70.7 Å². The van der Waals surface area contributed by atoms with Crippen LogP contribution in [0.2, 0.25) is 0 Å². The molecule has 10 heteroatoms. The second kappa shape index (κ2) is 9.85. The maximum absolute atomic E-state index is 13.9. The zero-order valence-electron chi connectivity index (χ0n) is 20.4. The molecular formula is C26H25F3N6O. The number of fused-ring (bicyclic) bond motifs is 1. The number of nitrogens with zero attached hydrogens (tertiary/aromatic N) is 6. The van der Waals surface area contributed by atoms with Crippen molar-refractivity contribution in [2.45, 2.75) is 39.7 Å². The van der Waals surface area contributed by atoms with E-state index in [1.54, 1.807) is 28.8 Å². The number of hydrogen-bond acceptors (Lipinski definition) is 4. The van der Waals surface area contributed by atoms with E-state index in [4.69, 9.17) is 6.42 Å². The highest BCUT2D eigenvalue weighted by atomic mass is 19.2. The molecule has 1 aliphatic heterocycles. The lowest BCUT2D eigenvalue weighted by atomic mass is 9.95. The van der Waals surface area contributed by atoms with E-state index in [1.165, 1.54) is 4.68 Å². The summed E-state index contributed by atoms with van der Waals surface area (Å²) in [6, 6.07) is 1.46. The number of rotatable bonds is 5. The van der Waals surface area contributed by atoms with Gasteiger partial charge in [0.25, 0.3) is 5.91 Å². The number of allylic oxidation sites excluding steroid dienone is 4. The van der Waals surface area contributed by atoms with Crippen molar-refractivity contribution in [2.24, 2.45) is 7.05 Å². The largest absolute Gasteiger partial charge is 0.327 e. The summed E-state index contributed by atoms with van der Waals surface area (Å²) in [5.41, 5.74) is 2.71. The van der Waals surface area contributed by atoms with Crippen molar-refractivity contribution in [3.8, 4) is 23.6 Å². The first-order valence-corrected chi connectivity index (χ1v) is 11.5. The maximum atomic E-state index is 13.9. The predicted octanol–water partition coefficient (Wildman–Crippen LogP) is 4.47. The van der Waals surface area contributed by atoms with Gasteiger partial charge in [-0.3, -0.25) is 9.48 Å². The Balaban J connectivity index is 1.68. The minimum atomic E-state index is -1.52. The third kappa shape index (κ3) is 4.21. The average molecular weight is 495 g/mol. The molecule has 0 spiro atoms. The Morgan fingerprint density at radius 1 is 1.25 bits per heavy atom. The summed E-state index contributed by atoms with van der Waals surface area (Å²) < 4.78 is 44.4. The number of carbonyl (C=O) groups excluding carboxylic acids is 1. The molecule has 3 aromatic rings. The van der Waals surface area contributed by atoms with E-state index >= 15 is 0 Å². The Labute approximate surface area is 206 Å². The third-order valence-corrected chi connectivity index (χ3v) is 6.23. The highest BCUT2D eigenvalue weighted by molar-refractivity contribution is 5.91. The molecule has 4 rings (SSSR count). The molecule has 0 saturated heterocycles. The molecule has 3 heterocycles. The van der Waals surface area contributed by atoms with Crippen LogP contribution in [-0.4, -0.2) is 41.9 Å². The molecule has 36 heavy (non-hydrogen) atoms. The van der Waals surface area contributed by atoms with E-state index in [0.717, 1.165) is 17.7 Å². The number of aromatic nitrogens is 5. The minimum absolute atomic E-state index is 0.0504. The smallest absolute Gasteiger partial charge is 0.294 e. The van der Waals surface area contributed by atoms with Crippen molar-refractivity contribution in [2.75, 3.05) is 6.54 Å². The molecule has 0 bridgehead atoms. The van der Waals surface area contributed by atoms with Gasteiger partial charge < -0.3 is 4.90 Å². The van der Waals surface area contributed by atoms with Crippen LogP contribution < -0.4 is 0 Å². The monoisotopic (exact) mass is 494 g/mol. The summed E-state index contributed by atoms with van der Waals surface area (Å²) in [5.74, 6) is -1.32. The standard InChI is InChI=1S/C26H25F3N6O/c1-6-9-10-17(7-2)35-21(8-3)30-25(32-35)26(36)34-12-11-18-23(15(34)4)31-33(5)24(18)16-13-19(27)22(29)20(28)14-16/h1,7,9-10,13-15H,8,11-12H2,2-5H3/b10-9-,17-7+/t15-/m0/s1. The number of benzene rings is 1. The van der Waals surface area contributed by atoms with E-state index < -0.39 is 23.5 Å². The molecule has 0 unspecified atom stereocenters. The number of amides is 1. The predicted molar refractivity (Wildman–Crippen MR) is 129 cm³/mol. The van der Waals surface area contributed by atoms with Crippen LogP contribution in [0.4, 0.5) is 13.2 Å². The lowest BCUT2D eigenvalue weighted by molar-refractivity contribution is 0.0661. The molecular weight excluding hydrogens is 469 g/mol. The first-order chi connectivity index (χ1) is 17.2. The molecule has 0 fully saturated rings. The zero-order chi connectivity index (χ0) is 26.1. The van der Waals surface area contributed by atoms with Crippen LogP contribution in [0.5, 0.6) is 0 Å². The quantitative estimate of drug-likeness (QED) is 0.298. The fourth-order valence-electron chi connectivity index (χ4n) is 4.50. The lowest BCUT2D eigenvalue weighted by Gasteiger charge is -2.32. The van der Waals surface area contributed by atoms with E-state index in [0.29, 0.717) is 42.3 Å². The number of terminal acetylenes is 1. The molecule has 1 atom stereocenters. The molecule has 0 N–H and O–H groups in total. The summed E-state index contributed by atoms with van der Waals surface area (Å²) in [6.45, 7) is 5.90. The number of hydrogen-bond donors (Lipinski definition) is 0. The first-order valence-electron chi connectivity index (χ1n) is 11.5. The molecule has 1 aliphatic rings. The maximum Gasteiger partial charge on any atom is 0.294 e. The summed E-state index contributed by atoms with van der Waals surface area (Å²) in [4.78, 5) is 19.5. The van der Waals surface area contributed by atoms with Crippen LogP contribution in [0, 0.1) is 29.8 Å². The lowest BCUT2D eigenvalue weighted by Crippen LogP contribution is -2.39. The van der Waals surface area contributed by atoms with Crippen molar-refractivity contribution < 1.29 is 18.0 Å². The Kier molecular flexibility index (Phi) is 6.84. The van der Waals surface area contributed by atoms with Gasteiger partial charge in [0.05, 0.1) is 23.1 Å². The summed E-state index contributed by atoms with van der Waals surface area (Å²) >= 11 is 0. The Hall–Kier alpha value is -4.13. The van der Waals surface area contributed by atoms with Crippen molar-refractivity contribution in [3.63, 3.8) is 0 Å². The molecule has 0 saturated carbocycles. The van der Waals surface area contributed by atoms with Gasteiger partial charge in [0.2, 0.25) is 5.82 Å². The average Bonchev–Trinajstić information content (AvgIpc) is 3.44. The van der Waals surface area contributed by atoms with Gasteiger partial charge in [0, 0.05) is 31.1 Å². The van der Waals surface area contributed by atoms with Crippen LogP contribution in [-0.2, 0) is 19.9 Å². The van der Waals surface area contributed by atoms with Crippen LogP contribution in [0.25, 0.3) is 17.0 Å². The minimum Gasteiger partial charge on any atom is -0.327 e. The second-order valence-corrected chi connectivity index (χ2v) is 8.34. The highest BCUT2D eigenvalue weighted by Crippen LogP contribution is 2.36. The third-order valence-electron chi connectivity index (χ3n) is 6.23. The van der Waals surface area contributed by atoms with Gasteiger partial charge in [0.1, 0.15) is 5.82 Å². The van der Waals surface area contributed by atoms with Crippen LogP contribution in [0.15, 0.2) is 30.4 Å². The van der Waals surface area contributed by atoms with Gasteiger partial charge >= 0.3 is 0 Å². The van der Waals surface area contributed by atoms with Gasteiger partial charge in [-0.1, -0.05) is 18.9 Å². The molecule has 0 aliphatic carbocycles. The van der Waals surface area contributed by atoms with E-state index in [9.17, 15) is 18.0 Å². The second-order valence-electron chi connectivity index (χ2n) is 8.34. The molecule has 186 valence electrons. The Morgan fingerprint density at radius 2 is 1.94 bits per heavy atom. The molecule has 7 nitrogen and oxygen atoms in total. The summed E-state index contributed by atoms with van der Waals surface area (Å²) in [6.07, 6.45) is 11.3. The molecule has 1 aromatic carbocycles. The topological polar surface area (TPSA) is 68.8 Å². The number of halogens is 3. The number of aryl methyl sites for hydroxylation is 2. The molecule has 1 amide bonds. The fourth-order valence-corrected chi connectivity index (χ4v) is 4.50. The molecule has 2 aromatic heterocycles. The van der Waals surface area contributed by atoms with E-state index in [2.05, 4.69) is 21.1 Å².